The molecule has 8 heteroatoms. The summed E-state index contributed by atoms with van der Waals surface area (Å²) < 4.78 is 14.4. The van der Waals surface area contributed by atoms with Crippen LogP contribution in [0.2, 0.25) is 0 Å². The third-order valence-corrected chi connectivity index (χ3v) is 8.20. The third kappa shape index (κ3) is 4.92. The fourth-order valence-corrected chi connectivity index (χ4v) is 6.12. The molecule has 0 saturated heterocycles. The number of pyridine rings is 1. The molecular formula is C32H28N2O5S. The number of aryl methyl sites for hydroxylation is 1. The fraction of sp³-hybridized carbons (Fsp3) is 0.188. The highest BCUT2D eigenvalue weighted by Gasteiger charge is 2.30. The zero-order valence-electron chi connectivity index (χ0n) is 22.0. The molecular weight excluding hydrogens is 524 g/mol. The van der Waals surface area contributed by atoms with Crippen molar-refractivity contribution < 1.29 is 24.5 Å². The van der Waals surface area contributed by atoms with Gasteiger partial charge >= 0.3 is 5.97 Å². The lowest BCUT2D eigenvalue weighted by molar-refractivity contribution is 0.0684. The van der Waals surface area contributed by atoms with E-state index in [-0.39, 0.29) is 31.3 Å². The van der Waals surface area contributed by atoms with E-state index in [1.165, 1.54) is 0 Å². The van der Waals surface area contributed by atoms with Gasteiger partial charge in [-0.25, -0.2) is 9.78 Å². The minimum absolute atomic E-state index is 0.0280. The highest BCUT2D eigenvalue weighted by Crippen LogP contribution is 2.45. The predicted octanol–water partition coefficient (Wildman–Crippen LogP) is 6.24. The van der Waals surface area contributed by atoms with Gasteiger partial charge in [0.25, 0.3) is 0 Å². The number of rotatable bonds is 8. The van der Waals surface area contributed by atoms with Crippen LogP contribution in [0.4, 0.5) is 0 Å². The number of aliphatic hydroxyl groups is 1. The number of benzene rings is 3. The zero-order valence-corrected chi connectivity index (χ0v) is 22.8. The summed E-state index contributed by atoms with van der Waals surface area (Å²) >= 11 is 1.70. The molecule has 6 rings (SSSR count). The maximum atomic E-state index is 12.7. The number of aliphatic hydroxyl groups excluding tert-OH is 1. The van der Waals surface area contributed by atoms with Crippen molar-refractivity contribution in [1.29, 1.82) is 0 Å². The molecule has 3 heterocycles. The molecule has 40 heavy (non-hydrogen) atoms. The maximum absolute atomic E-state index is 12.7. The van der Waals surface area contributed by atoms with Crippen LogP contribution in [0.1, 0.15) is 32.7 Å². The smallest absolute Gasteiger partial charge is 0.345 e. The molecule has 1 aliphatic rings. The van der Waals surface area contributed by atoms with Gasteiger partial charge < -0.3 is 24.3 Å². The number of carbonyl (C=O) groups is 1. The monoisotopic (exact) mass is 552 g/mol. The van der Waals surface area contributed by atoms with Crippen molar-refractivity contribution in [3.8, 4) is 22.9 Å². The molecule has 5 aromatic rings. The van der Waals surface area contributed by atoms with Gasteiger partial charge in [0.05, 0.1) is 12.3 Å². The average molecular weight is 553 g/mol. The number of aromatic carboxylic acids is 1. The highest BCUT2D eigenvalue weighted by atomic mass is 32.2. The molecule has 1 aliphatic heterocycles. The number of aromatic nitrogens is 2. The van der Waals surface area contributed by atoms with E-state index in [4.69, 9.17) is 14.5 Å². The molecule has 0 spiro atoms. The number of carboxylic acid groups (broad SMARTS) is 1. The van der Waals surface area contributed by atoms with Crippen LogP contribution in [0.15, 0.2) is 83.8 Å². The number of hydrogen-bond acceptors (Lipinski definition) is 6. The summed E-state index contributed by atoms with van der Waals surface area (Å²) in [5, 5.41) is 21.2. The lowest BCUT2D eigenvalue weighted by atomic mass is 9.99. The van der Waals surface area contributed by atoms with E-state index in [0.29, 0.717) is 17.9 Å². The van der Waals surface area contributed by atoms with Gasteiger partial charge in [-0.05, 0) is 35.7 Å². The van der Waals surface area contributed by atoms with E-state index < -0.39 is 5.97 Å². The van der Waals surface area contributed by atoms with Crippen LogP contribution in [0.3, 0.4) is 0 Å². The van der Waals surface area contributed by atoms with Gasteiger partial charge in [-0.1, -0.05) is 60.7 Å². The number of fused-ring (bicyclic) bond motifs is 4. The summed E-state index contributed by atoms with van der Waals surface area (Å²) in [5.74, 6) is -0.0953. The first-order chi connectivity index (χ1) is 19.5. The summed E-state index contributed by atoms with van der Waals surface area (Å²) in [7, 11) is 1.94. The van der Waals surface area contributed by atoms with E-state index in [1.54, 1.807) is 11.8 Å². The van der Waals surface area contributed by atoms with Crippen molar-refractivity contribution >= 4 is 28.6 Å². The van der Waals surface area contributed by atoms with Gasteiger partial charge in [0.1, 0.15) is 19.0 Å². The Morgan fingerprint density at radius 3 is 2.30 bits per heavy atom. The van der Waals surface area contributed by atoms with Crippen molar-refractivity contribution in [1.82, 2.24) is 9.55 Å². The SMILES string of the molecule is Cn1c(CO)cc2cc3c(cc21)SCCc1c-3nc(OCc2ccccc2)c(C(=O)O)c1OCc1ccccc1. The molecule has 0 atom stereocenters. The van der Waals surface area contributed by atoms with Crippen LogP contribution in [0.5, 0.6) is 11.6 Å². The molecule has 0 fully saturated rings. The molecule has 0 aliphatic carbocycles. The molecule has 202 valence electrons. The first kappa shape index (κ1) is 26.0. The first-order valence-electron chi connectivity index (χ1n) is 13.0. The van der Waals surface area contributed by atoms with Gasteiger partial charge in [-0.2, -0.15) is 0 Å². The van der Waals surface area contributed by atoms with Crippen LogP contribution in [-0.2, 0) is 33.3 Å². The number of carboxylic acids is 1. The lowest BCUT2D eigenvalue weighted by Crippen LogP contribution is -2.13. The van der Waals surface area contributed by atoms with Crippen LogP contribution >= 0.6 is 11.8 Å². The Hall–Kier alpha value is -4.27. The first-order valence-corrected chi connectivity index (χ1v) is 14.0. The second-order valence-electron chi connectivity index (χ2n) is 9.66. The summed E-state index contributed by atoms with van der Waals surface area (Å²) in [6.45, 7) is 0.326. The van der Waals surface area contributed by atoms with Gasteiger partial charge in [-0.15, -0.1) is 11.8 Å². The van der Waals surface area contributed by atoms with Crippen LogP contribution < -0.4 is 9.47 Å². The summed E-state index contributed by atoms with van der Waals surface area (Å²) in [6, 6.07) is 25.4. The number of thioether (sulfide) groups is 1. The van der Waals surface area contributed by atoms with Crippen LogP contribution in [0, 0.1) is 0 Å². The van der Waals surface area contributed by atoms with E-state index in [9.17, 15) is 15.0 Å². The largest absolute Gasteiger partial charge is 0.487 e. The number of ether oxygens (including phenoxy) is 2. The third-order valence-electron chi connectivity index (χ3n) is 7.14. The Morgan fingerprint density at radius 2 is 1.65 bits per heavy atom. The van der Waals surface area contributed by atoms with Crippen molar-refractivity contribution in [2.75, 3.05) is 5.75 Å². The minimum Gasteiger partial charge on any atom is -0.487 e. The Morgan fingerprint density at radius 1 is 0.975 bits per heavy atom. The van der Waals surface area contributed by atoms with Gasteiger partial charge in [-0.3, -0.25) is 0 Å². The number of nitrogens with zero attached hydrogens (tertiary/aromatic N) is 2. The second-order valence-corrected chi connectivity index (χ2v) is 10.8. The normalized spacial score (nSPS) is 12.4. The van der Waals surface area contributed by atoms with E-state index >= 15 is 0 Å². The Labute approximate surface area is 236 Å². The number of hydrogen-bond donors (Lipinski definition) is 2. The quantitative estimate of drug-likeness (QED) is 0.235. The predicted molar refractivity (Wildman–Crippen MR) is 155 cm³/mol. The molecule has 3 aromatic carbocycles. The molecule has 0 bridgehead atoms. The van der Waals surface area contributed by atoms with Crippen molar-refractivity contribution in [2.45, 2.75) is 31.1 Å². The topological polar surface area (TPSA) is 93.8 Å². The molecule has 0 radical (unpaired) electrons. The molecule has 0 amide bonds. The zero-order chi connectivity index (χ0) is 27.6. The van der Waals surface area contributed by atoms with Crippen molar-refractivity contribution in [2.24, 2.45) is 7.05 Å². The van der Waals surface area contributed by atoms with Gasteiger partial charge in [0.2, 0.25) is 5.88 Å². The lowest BCUT2D eigenvalue weighted by Gasteiger charge is -2.20. The maximum Gasteiger partial charge on any atom is 0.345 e. The Balaban J connectivity index is 1.53. The highest BCUT2D eigenvalue weighted by molar-refractivity contribution is 7.99. The van der Waals surface area contributed by atoms with Gasteiger partial charge in [0.15, 0.2) is 5.56 Å². The Bertz CT molecular complexity index is 1700. The molecule has 2 aromatic heterocycles. The van der Waals surface area contributed by atoms with E-state index in [2.05, 4.69) is 12.1 Å². The minimum atomic E-state index is -1.15. The standard InChI is InChI=1S/C32H28N2O5S/c1-34-23(17-35)14-22-15-25-27(16-26(22)34)40-13-12-24-29(25)33-31(39-19-21-10-6-3-7-11-21)28(32(36)37)30(24)38-18-20-8-4-2-5-9-20/h2-11,14-16,35H,12-13,17-19H2,1H3,(H,36,37). The van der Waals surface area contributed by atoms with Gasteiger partial charge in [0, 0.05) is 45.4 Å². The van der Waals surface area contributed by atoms with E-state index in [1.807, 2.05) is 78.3 Å². The van der Waals surface area contributed by atoms with E-state index in [0.717, 1.165) is 49.5 Å². The molecule has 7 nitrogen and oxygen atoms in total. The molecule has 2 N–H and O–H groups in total. The van der Waals surface area contributed by atoms with Crippen LogP contribution in [-0.4, -0.2) is 31.5 Å². The molecule has 0 saturated carbocycles. The summed E-state index contributed by atoms with van der Waals surface area (Å²) in [5.41, 5.74) is 5.91. The summed E-state index contributed by atoms with van der Waals surface area (Å²) in [6.07, 6.45) is 0.587. The van der Waals surface area contributed by atoms with Crippen molar-refractivity contribution in [3.05, 3.63) is 107 Å². The second kappa shape index (κ2) is 11.1. The Kier molecular flexibility index (Phi) is 7.19. The van der Waals surface area contributed by atoms with Crippen LogP contribution in [0.25, 0.3) is 22.2 Å². The molecule has 0 unspecified atom stereocenters. The summed E-state index contributed by atoms with van der Waals surface area (Å²) in [4.78, 5) is 18.6. The fourth-order valence-electron chi connectivity index (χ4n) is 5.09. The average Bonchev–Trinajstić information content (AvgIpc) is 3.18. The van der Waals surface area contributed by atoms with Crippen molar-refractivity contribution in [3.63, 3.8) is 0 Å².